The monoisotopic (exact) mass is 276 g/mol. The summed E-state index contributed by atoms with van der Waals surface area (Å²) in [6.45, 7) is 0. The van der Waals surface area contributed by atoms with Gasteiger partial charge in [-0.05, 0) is 46.8 Å². The van der Waals surface area contributed by atoms with Crippen LogP contribution in [0.5, 0.6) is 0 Å². The van der Waals surface area contributed by atoms with E-state index in [1.54, 1.807) is 28.7 Å². The Kier molecular flexibility index (Phi) is 3.01. The van der Waals surface area contributed by atoms with Crippen molar-refractivity contribution >= 4 is 45.1 Å². The molecule has 0 bridgehead atoms. The molecule has 4 heteroatoms. The number of allylic oxidation sites excluding steroid dienone is 1. The van der Waals surface area contributed by atoms with Crippen LogP contribution >= 0.6 is 34.4 Å². The summed E-state index contributed by atoms with van der Waals surface area (Å²) >= 11 is 4.73. The highest BCUT2D eigenvalue weighted by atomic mass is 32.2. The fourth-order valence-electron chi connectivity index (χ4n) is 1.66. The second-order valence-corrected chi connectivity index (χ2v) is 6.39. The summed E-state index contributed by atoms with van der Waals surface area (Å²) in [5.41, 5.74) is 1.18. The van der Waals surface area contributed by atoms with Crippen molar-refractivity contribution in [2.75, 3.05) is 0 Å². The minimum Gasteiger partial charge on any atom is -0.282 e. The Bertz CT molecular complexity index is 552. The maximum atomic E-state index is 11.3. The molecule has 0 unspecified atom stereocenters. The van der Waals surface area contributed by atoms with Crippen LogP contribution in [-0.2, 0) is 4.79 Å². The molecule has 84 valence electrons. The maximum absolute atomic E-state index is 11.3. The predicted molar refractivity (Wildman–Crippen MR) is 76.4 cm³/mol. The van der Waals surface area contributed by atoms with Crippen molar-refractivity contribution in [3.63, 3.8) is 0 Å². The van der Waals surface area contributed by atoms with Gasteiger partial charge in [0, 0.05) is 20.2 Å². The number of carbonyl (C=O) groups is 1. The lowest BCUT2D eigenvalue weighted by Crippen LogP contribution is -1.84. The molecule has 0 saturated carbocycles. The Labute approximate surface area is 111 Å². The summed E-state index contributed by atoms with van der Waals surface area (Å²) in [5.74, 6) is 0. The van der Waals surface area contributed by atoms with Crippen molar-refractivity contribution in [2.45, 2.75) is 0 Å². The highest BCUT2D eigenvalue weighted by Gasteiger charge is 2.18. The lowest BCUT2D eigenvalue weighted by molar-refractivity contribution is -0.106. The van der Waals surface area contributed by atoms with E-state index >= 15 is 0 Å². The van der Waals surface area contributed by atoms with E-state index in [1.807, 2.05) is 18.2 Å². The van der Waals surface area contributed by atoms with Gasteiger partial charge < -0.3 is 0 Å². The predicted octanol–water partition coefficient (Wildman–Crippen LogP) is 4.40. The van der Waals surface area contributed by atoms with E-state index in [9.17, 15) is 4.79 Å². The third-order valence-electron chi connectivity index (χ3n) is 2.36. The molecule has 0 atom stereocenters. The molecule has 0 N–H and O–H groups in total. The molecule has 0 amide bonds. The molecule has 0 saturated heterocycles. The Hall–Kier alpha value is -1.10. The van der Waals surface area contributed by atoms with Crippen molar-refractivity contribution in [3.05, 3.63) is 61.8 Å². The zero-order valence-corrected chi connectivity index (χ0v) is 11.2. The van der Waals surface area contributed by atoms with Crippen molar-refractivity contribution in [2.24, 2.45) is 0 Å². The molecule has 0 fully saturated rings. The van der Waals surface area contributed by atoms with E-state index in [1.165, 1.54) is 27.1 Å². The summed E-state index contributed by atoms with van der Waals surface area (Å²) in [4.78, 5) is 14.8. The number of rotatable bonds is 2. The number of carbonyl (C=O) groups excluding carboxylic acids is 1. The SMILES string of the molecule is O=C1C=CC(=C(c2cccs2)c2cccs2)S1. The molecule has 2 aromatic heterocycles. The number of thioether (sulfide) groups is 1. The van der Waals surface area contributed by atoms with Crippen molar-refractivity contribution in [1.29, 1.82) is 0 Å². The average Bonchev–Trinajstić information content (AvgIpc) is 3.02. The number of hydrogen-bond acceptors (Lipinski definition) is 4. The minimum atomic E-state index is 0.116. The molecular formula is C13H8OS3. The topological polar surface area (TPSA) is 17.1 Å². The second-order valence-electron chi connectivity index (χ2n) is 3.45. The number of thiophene rings is 2. The summed E-state index contributed by atoms with van der Waals surface area (Å²) in [6, 6.07) is 8.28. The summed E-state index contributed by atoms with van der Waals surface area (Å²) in [5, 5.41) is 4.24. The molecule has 2 aromatic rings. The smallest absolute Gasteiger partial charge is 0.216 e. The van der Waals surface area contributed by atoms with Crippen LogP contribution in [0.4, 0.5) is 0 Å². The van der Waals surface area contributed by atoms with E-state index in [-0.39, 0.29) is 5.12 Å². The van der Waals surface area contributed by atoms with Crippen molar-refractivity contribution < 1.29 is 4.79 Å². The maximum Gasteiger partial charge on any atom is 0.216 e. The van der Waals surface area contributed by atoms with E-state index in [2.05, 4.69) is 22.9 Å². The standard InChI is InChI=1S/C13H8OS3/c14-12-6-5-11(17-12)13(9-3-1-7-15-9)10-4-2-8-16-10/h1-8H. The van der Waals surface area contributed by atoms with Crippen LogP contribution in [0.15, 0.2) is 52.1 Å². The van der Waals surface area contributed by atoms with Gasteiger partial charge in [0.05, 0.1) is 0 Å². The first-order valence-electron chi connectivity index (χ1n) is 5.06. The van der Waals surface area contributed by atoms with Crippen LogP contribution in [0.3, 0.4) is 0 Å². The quantitative estimate of drug-likeness (QED) is 0.808. The Morgan fingerprint density at radius 1 is 0.941 bits per heavy atom. The highest BCUT2D eigenvalue weighted by Crippen LogP contribution is 2.40. The Morgan fingerprint density at radius 2 is 1.59 bits per heavy atom. The van der Waals surface area contributed by atoms with Gasteiger partial charge in [-0.3, -0.25) is 4.79 Å². The minimum absolute atomic E-state index is 0.116. The number of hydrogen-bond donors (Lipinski definition) is 0. The van der Waals surface area contributed by atoms with Gasteiger partial charge in [-0.2, -0.15) is 0 Å². The first-order valence-corrected chi connectivity index (χ1v) is 7.64. The largest absolute Gasteiger partial charge is 0.282 e. The molecule has 17 heavy (non-hydrogen) atoms. The van der Waals surface area contributed by atoms with Gasteiger partial charge in [0.1, 0.15) is 0 Å². The van der Waals surface area contributed by atoms with Gasteiger partial charge >= 0.3 is 0 Å². The van der Waals surface area contributed by atoms with Gasteiger partial charge in [0.2, 0.25) is 5.12 Å². The molecule has 0 radical (unpaired) electrons. The van der Waals surface area contributed by atoms with Crippen molar-refractivity contribution in [1.82, 2.24) is 0 Å². The zero-order chi connectivity index (χ0) is 11.7. The van der Waals surface area contributed by atoms with Crippen LogP contribution in [0, 0.1) is 0 Å². The molecule has 1 aliphatic rings. The van der Waals surface area contributed by atoms with Crippen LogP contribution in [-0.4, -0.2) is 5.12 Å². The van der Waals surface area contributed by atoms with Gasteiger partial charge in [0.15, 0.2) is 0 Å². The zero-order valence-electron chi connectivity index (χ0n) is 8.75. The Morgan fingerprint density at radius 3 is 2.00 bits per heavy atom. The van der Waals surface area contributed by atoms with Crippen LogP contribution in [0.1, 0.15) is 9.75 Å². The fourth-order valence-corrected chi connectivity index (χ4v) is 4.26. The Balaban J connectivity index is 2.16. The molecule has 1 aliphatic heterocycles. The molecule has 0 aliphatic carbocycles. The van der Waals surface area contributed by atoms with E-state index in [0.717, 1.165) is 4.91 Å². The summed E-state index contributed by atoms with van der Waals surface area (Å²) in [6.07, 6.45) is 3.56. The lowest BCUT2D eigenvalue weighted by Gasteiger charge is -2.05. The fraction of sp³-hybridized carbons (Fsp3) is 0. The molecule has 1 nitrogen and oxygen atoms in total. The third kappa shape index (κ3) is 2.16. The molecule has 3 rings (SSSR count). The summed E-state index contributed by atoms with van der Waals surface area (Å²) in [7, 11) is 0. The van der Waals surface area contributed by atoms with Gasteiger partial charge in [-0.15, -0.1) is 22.7 Å². The third-order valence-corrected chi connectivity index (χ3v) is 5.03. The summed E-state index contributed by atoms with van der Waals surface area (Å²) < 4.78 is 0. The molecule has 0 spiro atoms. The molecule has 3 heterocycles. The first-order chi connectivity index (χ1) is 8.34. The highest BCUT2D eigenvalue weighted by molar-refractivity contribution is 8.18. The normalized spacial score (nSPS) is 14.6. The second kappa shape index (κ2) is 4.64. The van der Waals surface area contributed by atoms with Crippen molar-refractivity contribution in [3.8, 4) is 0 Å². The molecule has 0 aromatic carbocycles. The van der Waals surface area contributed by atoms with Crippen LogP contribution in [0.25, 0.3) is 5.57 Å². The van der Waals surface area contributed by atoms with E-state index in [4.69, 9.17) is 0 Å². The average molecular weight is 276 g/mol. The van der Waals surface area contributed by atoms with E-state index < -0.39 is 0 Å². The van der Waals surface area contributed by atoms with Gasteiger partial charge in [-0.25, -0.2) is 0 Å². The van der Waals surface area contributed by atoms with E-state index in [0.29, 0.717) is 0 Å². The van der Waals surface area contributed by atoms with Gasteiger partial charge in [-0.1, -0.05) is 12.1 Å². The first kappa shape index (κ1) is 11.0. The van der Waals surface area contributed by atoms with Crippen LogP contribution in [0.2, 0.25) is 0 Å². The van der Waals surface area contributed by atoms with Crippen LogP contribution < -0.4 is 0 Å². The lowest BCUT2D eigenvalue weighted by atomic mass is 10.1. The van der Waals surface area contributed by atoms with Gasteiger partial charge in [0.25, 0.3) is 0 Å². The molecular weight excluding hydrogens is 268 g/mol.